The Hall–Kier alpha value is -0.820. The van der Waals surface area contributed by atoms with Gasteiger partial charge in [0.25, 0.3) is 0 Å². The number of halogens is 3. The number of hydrogen-bond donors (Lipinski definition) is 2. The minimum atomic E-state index is -4.35. The molecule has 0 fully saturated rings. The van der Waals surface area contributed by atoms with Crippen molar-refractivity contribution in [1.29, 1.82) is 0 Å². The fraction of sp³-hybridized carbons (Fsp3) is 0.900. The van der Waals surface area contributed by atoms with Crippen LogP contribution in [0, 0.1) is 0 Å². The molecule has 0 bridgehead atoms. The molecule has 2 N–H and O–H groups in total. The average Bonchev–Trinajstić information content (AvgIpc) is 2.19. The summed E-state index contributed by atoms with van der Waals surface area (Å²) in [4.78, 5) is 13.0. The average molecular weight is 255 g/mol. The molecule has 0 aromatic rings. The summed E-state index contributed by atoms with van der Waals surface area (Å²) in [5, 5.41) is 4.59. The summed E-state index contributed by atoms with van der Waals surface area (Å²) in [5.74, 6) is -0.630. The van der Waals surface area contributed by atoms with Crippen molar-refractivity contribution >= 4 is 5.91 Å². The maximum absolute atomic E-state index is 11.7. The molecule has 0 aliphatic heterocycles. The van der Waals surface area contributed by atoms with E-state index in [0.717, 1.165) is 19.4 Å². The van der Waals surface area contributed by atoms with Gasteiger partial charge in [0, 0.05) is 0 Å². The van der Waals surface area contributed by atoms with Gasteiger partial charge in [-0.3, -0.25) is 4.79 Å². The van der Waals surface area contributed by atoms with Crippen LogP contribution in [0.2, 0.25) is 0 Å². The lowest BCUT2D eigenvalue weighted by molar-refractivity contribution is -0.137. The number of carbonyl (C=O) groups is 1. The van der Waals surface area contributed by atoms with Gasteiger partial charge in [-0.2, -0.15) is 13.2 Å². The number of unbranched alkanes of at least 4 members (excludes halogenated alkanes) is 1. The predicted molar refractivity (Wildman–Crippen MR) is 59.7 cm³/mol. The van der Waals surface area contributed by atoms with E-state index in [4.69, 9.17) is 0 Å². The summed E-state index contributed by atoms with van der Waals surface area (Å²) < 4.78 is 35.2. The molecule has 0 heterocycles. The van der Waals surface area contributed by atoms with Crippen LogP contribution in [0.15, 0.2) is 0 Å². The number of rotatable bonds is 8. The first kappa shape index (κ1) is 16.2. The van der Waals surface area contributed by atoms with Crippen molar-refractivity contribution in [2.24, 2.45) is 0 Å². The first-order valence-corrected chi connectivity index (χ1v) is 5.50. The van der Waals surface area contributed by atoms with E-state index in [1.54, 1.807) is 5.32 Å². The third-order valence-corrected chi connectivity index (χ3v) is 1.98. The topological polar surface area (TPSA) is 44.4 Å². The Balaban J connectivity index is 3.34. The molecule has 0 aromatic carbocycles. The SMILES string of the molecule is CN(C)CCCCNCC(=O)NCC(F)(F)F. The van der Waals surface area contributed by atoms with E-state index in [9.17, 15) is 18.0 Å². The van der Waals surface area contributed by atoms with Crippen molar-refractivity contribution < 1.29 is 18.0 Å². The van der Waals surface area contributed by atoms with Crippen LogP contribution in [0.3, 0.4) is 0 Å². The maximum Gasteiger partial charge on any atom is 0.405 e. The second-order valence-electron chi connectivity index (χ2n) is 4.08. The zero-order chi connectivity index (χ0) is 13.3. The second kappa shape index (κ2) is 8.30. The molecule has 102 valence electrons. The van der Waals surface area contributed by atoms with Crippen molar-refractivity contribution in [3.63, 3.8) is 0 Å². The zero-order valence-corrected chi connectivity index (χ0v) is 10.2. The highest BCUT2D eigenvalue weighted by Gasteiger charge is 2.27. The molecule has 0 aliphatic rings. The molecule has 0 spiro atoms. The van der Waals surface area contributed by atoms with Crippen LogP contribution >= 0.6 is 0 Å². The first-order chi connectivity index (χ1) is 7.81. The van der Waals surface area contributed by atoms with Gasteiger partial charge < -0.3 is 15.5 Å². The fourth-order valence-electron chi connectivity index (χ4n) is 1.14. The number of hydrogen-bond acceptors (Lipinski definition) is 3. The number of nitrogens with zero attached hydrogens (tertiary/aromatic N) is 1. The highest BCUT2D eigenvalue weighted by Crippen LogP contribution is 2.11. The molecule has 0 unspecified atom stereocenters. The Morgan fingerprint density at radius 3 is 2.41 bits per heavy atom. The van der Waals surface area contributed by atoms with Gasteiger partial charge in [0.2, 0.25) is 5.91 Å². The quantitative estimate of drug-likeness (QED) is 0.624. The van der Waals surface area contributed by atoms with Crippen LogP contribution in [0.1, 0.15) is 12.8 Å². The van der Waals surface area contributed by atoms with E-state index in [1.807, 2.05) is 14.1 Å². The van der Waals surface area contributed by atoms with Crippen molar-refractivity contribution in [2.45, 2.75) is 19.0 Å². The van der Waals surface area contributed by atoms with Gasteiger partial charge in [-0.25, -0.2) is 0 Å². The van der Waals surface area contributed by atoms with Gasteiger partial charge >= 0.3 is 6.18 Å². The first-order valence-electron chi connectivity index (χ1n) is 5.50. The molecule has 17 heavy (non-hydrogen) atoms. The van der Waals surface area contributed by atoms with Crippen LogP contribution in [0.25, 0.3) is 0 Å². The minimum Gasteiger partial charge on any atom is -0.346 e. The van der Waals surface area contributed by atoms with Gasteiger partial charge in [0.05, 0.1) is 6.54 Å². The molecular weight excluding hydrogens is 235 g/mol. The van der Waals surface area contributed by atoms with Crippen LogP contribution in [-0.4, -0.2) is 57.3 Å². The van der Waals surface area contributed by atoms with E-state index in [-0.39, 0.29) is 6.54 Å². The van der Waals surface area contributed by atoms with Crippen LogP contribution in [0.4, 0.5) is 13.2 Å². The van der Waals surface area contributed by atoms with Crippen molar-refractivity contribution in [3.8, 4) is 0 Å². The summed E-state index contributed by atoms with van der Waals surface area (Å²) in [5.41, 5.74) is 0. The molecule has 7 heteroatoms. The normalized spacial score (nSPS) is 11.9. The van der Waals surface area contributed by atoms with Crippen molar-refractivity contribution in [2.75, 3.05) is 40.3 Å². The lowest BCUT2D eigenvalue weighted by atomic mass is 10.3. The van der Waals surface area contributed by atoms with E-state index in [2.05, 4.69) is 10.2 Å². The molecule has 1 amide bonds. The maximum atomic E-state index is 11.7. The Labute approximate surface area is 99.5 Å². The monoisotopic (exact) mass is 255 g/mol. The number of amides is 1. The Bertz CT molecular complexity index is 219. The van der Waals surface area contributed by atoms with Gasteiger partial charge in [0.15, 0.2) is 0 Å². The zero-order valence-electron chi connectivity index (χ0n) is 10.2. The lowest BCUT2D eigenvalue weighted by Gasteiger charge is -2.10. The summed E-state index contributed by atoms with van der Waals surface area (Å²) >= 11 is 0. The Kier molecular flexibility index (Phi) is 7.90. The largest absolute Gasteiger partial charge is 0.405 e. The minimum absolute atomic E-state index is 0.0714. The van der Waals surface area contributed by atoms with Gasteiger partial charge in [-0.1, -0.05) is 0 Å². The smallest absolute Gasteiger partial charge is 0.346 e. The summed E-state index contributed by atoms with van der Waals surface area (Å²) in [7, 11) is 3.94. The summed E-state index contributed by atoms with van der Waals surface area (Å²) in [6.45, 7) is 0.251. The molecule has 0 rings (SSSR count). The van der Waals surface area contributed by atoms with Crippen molar-refractivity contribution in [1.82, 2.24) is 15.5 Å². The number of alkyl halides is 3. The molecule has 4 nitrogen and oxygen atoms in total. The molecule has 0 aromatic heterocycles. The summed E-state index contributed by atoms with van der Waals surface area (Å²) in [6.07, 6.45) is -2.46. The van der Waals surface area contributed by atoms with Gasteiger partial charge in [-0.05, 0) is 40.0 Å². The molecule has 0 saturated carbocycles. The predicted octanol–water partition coefficient (Wildman–Crippen LogP) is 0.596. The second-order valence-corrected chi connectivity index (χ2v) is 4.08. The van der Waals surface area contributed by atoms with Crippen LogP contribution in [-0.2, 0) is 4.79 Å². The van der Waals surface area contributed by atoms with E-state index in [1.165, 1.54) is 0 Å². The van der Waals surface area contributed by atoms with Gasteiger partial charge in [-0.15, -0.1) is 0 Å². The standard InChI is InChI=1S/C10H20F3N3O/c1-16(2)6-4-3-5-14-7-9(17)15-8-10(11,12)13/h14H,3-8H2,1-2H3,(H,15,17). The summed E-state index contributed by atoms with van der Waals surface area (Å²) in [6, 6.07) is 0. The molecule has 0 saturated heterocycles. The van der Waals surface area contributed by atoms with Crippen LogP contribution < -0.4 is 10.6 Å². The Morgan fingerprint density at radius 2 is 1.88 bits per heavy atom. The molecule has 0 radical (unpaired) electrons. The highest BCUT2D eigenvalue weighted by atomic mass is 19.4. The fourth-order valence-corrected chi connectivity index (χ4v) is 1.14. The number of carbonyl (C=O) groups excluding carboxylic acids is 1. The van der Waals surface area contributed by atoms with E-state index < -0.39 is 18.6 Å². The molecular formula is C10H20F3N3O. The van der Waals surface area contributed by atoms with Gasteiger partial charge in [0.1, 0.15) is 6.54 Å². The Morgan fingerprint density at radius 1 is 1.24 bits per heavy atom. The highest BCUT2D eigenvalue weighted by molar-refractivity contribution is 5.77. The van der Waals surface area contributed by atoms with Crippen molar-refractivity contribution in [3.05, 3.63) is 0 Å². The number of nitrogens with one attached hydrogen (secondary N) is 2. The van der Waals surface area contributed by atoms with E-state index >= 15 is 0 Å². The third-order valence-electron chi connectivity index (χ3n) is 1.98. The lowest BCUT2D eigenvalue weighted by Crippen LogP contribution is -2.39. The molecule has 0 aliphatic carbocycles. The van der Waals surface area contributed by atoms with E-state index in [0.29, 0.717) is 6.54 Å². The molecule has 0 atom stereocenters. The van der Waals surface area contributed by atoms with Crippen LogP contribution in [0.5, 0.6) is 0 Å². The third kappa shape index (κ3) is 13.1.